The van der Waals surface area contributed by atoms with Crippen LogP contribution in [0.5, 0.6) is 0 Å². The molecule has 5 unspecified atom stereocenters. The van der Waals surface area contributed by atoms with Crippen LogP contribution in [0.15, 0.2) is 42.5 Å². The number of fused-ring (bicyclic) bond motifs is 2. The zero-order chi connectivity index (χ0) is 20.6. The van der Waals surface area contributed by atoms with Gasteiger partial charge in [-0.3, -0.25) is 4.79 Å². The van der Waals surface area contributed by atoms with Gasteiger partial charge in [-0.15, -0.1) is 0 Å². The number of aliphatic carboxylic acids is 1. The summed E-state index contributed by atoms with van der Waals surface area (Å²) in [5.41, 5.74) is 0.808. The van der Waals surface area contributed by atoms with Gasteiger partial charge in [0.2, 0.25) is 0 Å². The molecular formula is C24H34N2O3. The predicted molar refractivity (Wildman–Crippen MR) is 116 cm³/mol. The van der Waals surface area contributed by atoms with Crippen molar-refractivity contribution in [3.63, 3.8) is 0 Å². The smallest absolute Gasteiger partial charge is 0.319 e. The molecule has 158 valence electrons. The number of hydrogen-bond donors (Lipinski definition) is 3. The Kier molecular flexibility index (Phi) is 7.73. The highest BCUT2D eigenvalue weighted by molar-refractivity contribution is 5.89. The summed E-state index contributed by atoms with van der Waals surface area (Å²) in [6, 6.07) is 9.54. The number of nitrogens with one attached hydrogen (secondary N) is 2. The van der Waals surface area contributed by atoms with Crippen molar-refractivity contribution in [2.75, 3.05) is 5.32 Å². The van der Waals surface area contributed by atoms with Gasteiger partial charge < -0.3 is 15.7 Å². The van der Waals surface area contributed by atoms with E-state index in [1.807, 2.05) is 30.3 Å². The summed E-state index contributed by atoms with van der Waals surface area (Å²) >= 11 is 0. The minimum atomic E-state index is -0.718. The SMILES string of the molecule is CC(CC1C2CCC(C2)C1C/C=C\CCCC(=O)O)NC(=O)Nc1ccccc1. The molecule has 0 spiro atoms. The Morgan fingerprint density at radius 2 is 1.86 bits per heavy atom. The number of amides is 2. The first kappa shape index (κ1) is 21.4. The molecule has 0 radical (unpaired) electrons. The molecule has 2 fully saturated rings. The highest BCUT2D eigenvalue weighted by Crippen LogP contribution is 2.55. The number of urea groups is 1. The Balaban J connectivity index is 1.45. The third kappa shape index (κ3) is 6.34. The van der Waals surface area contributed by atoms with E-state index in [0.717, 1.165) is 36.8 Å². The van der Waals surface area contributed by atoms with Crippen LogP contribution in [0.4, 0.5) is 10.5 Å². The van der Waals surface area contributed by atoms with Crippen LogP contribution in [0.3, 0.4) is 0 Å². The molecule has 3 rings (SSSR count). The molecule has 0 aliphatic heterocycles. The van der Waals surface area contributed by atoms with E-state index in [0.29, 0.717) is 18.3 Å². The lowest BCUT2D eigenvalue weighted by Gasteiger charge is -2.32. The third-order valence-electron chi connectivity index (χ3n) is 6.65. The monoisotopic (exact) mass is 398 g/mol. The van der Waals surface area contributed by atoms with Crippen LogP contribution in [0.25, 0.3) is 0 Å². The van der Waals surface area contributed by atoms with Crippen molar-refractivity contribution < 1.29 is 14.7 Å². The van der Waals surface area contributed by atoms with Crippen molar-refractivity contribution in [3.8, 4) is 0 Å². The van der Waals surface area contributed by atoms with Gasteiger partial charge in [0.1, 0.15) is 0 Å². The molecule has 5 heteroatoms. The van der Waals surface area contributed by atoms with Gasteiger partial charge in [0, 0.05) is 18.2 Å². The topological polar surface area (TPSA) is 78.4 Å². The molecule has 2 aliphatic carbocycles. The van der Waals surface area contributed by atoms with Crippen LogP contribution in [-0.2, 0) is 4.79 Å². The summed E-state index contributed by atoms with van der Waals surface area (Å²) in [6.45, 7) is 2.11. The van der Waals surface area contributed by atoms with E-state index in [2.05, 4.69) is 29.7 Å². The standard InChI is InChI=1S/C24H34N2O3/c1-17(25-24(29)26-20-9-5-4-6-10-20)15-22-19-14-13-18(16-19)21(22)11-7-2-3-8-12-23(27)28/h2,4-7,9-10,17-19,21-22H,3,8,11-16H2,1H3,(H,27,28)(H2,25,26,29)/b7-2-. The highest BCUT2D eigenvalue weighted by atomic mass is 16.4. The fraction of sp³-hybridized carbons (Fsp3) is 0.583. The van der Waals surface area contributed by atoms with E-state index >= 15 is 0 Å². The van der Waals surface area contributed by atoms with Gasteiger partial charge in [-0.25, -0.2) is 4.79 Å². The van der Waals surface area contributed by atoms with Crippen molar-refractivity contribution in [2.24, 2.45) is 23.7 Å². The van der Waals surface area contributed by atoms with E-state index in [1.165, 1.54) is 19.3 Å². The van der Waals surface area contributed by atoms with Crippen LogP contribution in [0.2, 0.25) is 0 Å². The lowest BCUT2D eigenvalue weighted by Crippen LogP contribution is -2.39. The zero-order valence-corrected chi connectivity index (χ0v) is 17.3. The molecule has 5 atom stereocenters. The second-order valence-electron chi connectivity index (χ2n) is 8.76. The number of hydrogen-bond acceptors (Lipinski definition) is 2. The van der Waals surface area contributed by atoms with Crippen LogP contribution >= 0.6 is 0 Å². The maximum Gasteiger partial charge on any atom is 0.319 e. The molecule has 3 N–H and O–H groups in total. The van der Waals surface area contributed by atoms with E-state index in [9.17, 15) is 9.59 Å². The third-order valence-corrected chi connectivity index (χ3v) is 6.65. The van der Waals surface area contributed by atoms with Crippen molar-refractivity contribution in [2.45, 2.75) is 64.3 Å². The summed E-state index contributed by atoms with van der Waals surface area (Å²) in [5.74, 6) is 2.27. The molecule has 1 aromatic rings. The molecule has 29 heavy (non-hydrogen) atoms. The number of para-hydroxylation sites is 1. The fourth-order valence-corrected chi connectivity index (χ4v) is 5.39. The van der Waals surface area contributed by atoms with E-state index in [-0.39, 0.29) is 18.5 Å². The number of benzene rings is 1. The maximum atomic E-state index is 12.3. The van der Waals surface area contributed by atoms with Gasteiger partial charge in [-0.05, 0) is 87.7 Å². The van der Waals surface area contributed by atoms with Crippen LogP contribution in [0.1, 0.15) is 58.3 Å². The Morgan fingerprint density at radius 3 is 2.59 bits per heavy atom. The number of carboxylic acids is 1. The Morgan fingerprint density at radius 1 is 1.14 bits per heavy atom. The number of carbonyl (C=O) groups excluding carboxylic acids is 1. The van der Waals surface area contributed by atoms with Crippen LogP contribution < -0.4 is 10.6 Å². The predicted octanol–water partition coefficient (Wildman–Crippen LogP) is 5.45. The molecular weight excluding hydrogens is 364 g/mol. The number of carboxylic acid groups (broad SMARTS) is 1. The Hall–Kier alpha value is -2.30. The first-order valence-electron chi connectivity index (χ1n) is 11.0. The quantitative estimate of drug-likeness (QED) is 0.362. The molecule has 2 amide bonds. The number of unbranched alkanes of at least 4 members (excludes halogenated alkanes) is 1. The molecule has 2 aliphatic rings. The molecule has 0 aromatic heterocycles. The van der Waals surface area contributed by atoms with Gasteiger partial charge in [-0.1, -0.05) is 30.4 Å². The average molecular weight is 399 g/mol. The molecule has 0 saturated heterocycles. The van der Waals surface area contributed by atoms with Crippen molar-refractivity contribution in [3.05, 3.63) is 42.5 Å². The average Bonchev–Trinajstić information content (AvgIpc) is 3.27. The molecule has 1 aromatic carbocycles. The second-order valence-corrected chi connectivity index (χ2v) is 8.76. The highest BCUT2D eigenvalue weighted by Gasteiger charge is 2.46. The zero-order valence-electron chi connectivity index (χ0n) is 17.3. The summed E-state index contributed by atoms with van der Waals surface area (Å²) < 4.78 is 0. The summed E-state index contributed by atoms with van der Waals surface area (Å²) in [6.07, 6.45) is 12.3. The van der Waals surface area contributed by atoms with Crippen molar-refractivity contribution in [1.29, 1.82) is 0 Å². The van der Waals surface area contributed by atoms with Gasteiger partial charge in [-0.2, -0.15) is 0 Å². The van der Waals surface area contributed by atoms with Crippen LogP contribution in [-0.4, -0.2) is 23.1 Å². The molecule has 0 heterocycles. The van der Waals surface area contributed by atoms with Crippen molar-refractivity contribution in [1.82, 2.24) is 5.32 Å². The minimum Gasteiger partial charge on any atom is -0.481 e. The van der Waals surface area contributed by atoms with Crippen molar-refractivity contribution >= 4 is 17.7 Å². The number of carbonyl (C=O) groups is 2. The Labute approximate surface area is 174 Å². The minimum absolute atomic E-state index is 0.137. The van der Waals surface area contributed by atoms with Crippen LogP contribution in [0, 0.1) is 23.7 Å². The Bertz CT molecular complexity index is 703. The van der Waals surface area contributed by atoms with E-state index < -0.39 is 5.97 Å². The number of allylic oxidation sites excluding steroid dienone is 2. The summed E-state index contributed by atoms with van der Waals surface area (Å²) in [5, 5.41) is 14.7. The largest absolute Gasteiger partial charge is 0.481 e. The lowest BCUT2D eigenvalue weighted by molar-refractivity contribution is -0.137. The molecule has 5 nitrogen and oxygen atoms in total. The fourth-order valence-electron chi connectivity index (χ4n) is 5.39. The van der Waals surface area contributed by atoms with E-state index in [4.69, 9.17) is 5.11 Å². The first-order valence-corrected chi connectivity index (χ1v) is 11.0. The number of anilines is 1. The van der Waals surface area contributed by atoms with Gasteiger partial charge >= 0.3 is 12.0 Å². The maximum absolute atomic E-state index is 12.3. The second kappa shape index (κ2) is 10.5. The van der Waals surface area contributed by atoms with Gasteiger partial charge in [0.15, 0.2) is 0 Å². The first-order chi connectivity index (χ1) is 14.0. The molecule has 2 bridgehead atoms. The molecule has 2 saturated carbocycles. The normalized spacial score (nSPS) is 26.5. The summed E-state index contributed by atoms with van der Waals surface area (Å²) in [7, 11) is 0. The summed E-state index contributed by atoms with van der Waals surface area (Å²) in [4.78, 5) is 22.9. The number of rotatable bonds is 10. The lowest BCUT2D eigenvalue weighted by atomic mass is 9.74. The van der Waals surface area contributed by atoms with E-state index in [1.54, 1.807) is 0 Å². The van der Waals surface area contributed by atoms with Gasteiger partial charge in [0.05, 0.1) is 0 Å². The van der Waals surface area contributed by atoms with Gasteiger partial charge in [0.25, 0.3) is 0 Å².